The van der Waals surface area contributed by atoms with Gasteiger partial charge in [0.2, 0.25) is 0 Å². The minimum absolute atomic E-state index is 0.0138. The molecule has 4 rings (SSSR count). The predicted molar refractivity (Wildman–Crippen MR) is 115 cm³/mol. The first kappa shape index (κ1) is 19.4. The maximum absolute atomic E-state index is 12.9. The molecule has 0 saturated heterocycles. The van der Waals surface area contributed by atoms with Crippen LogP contribution in [-0.4, -0.2) is 27.4 Å². The Hall–Kier alpha value is -2.95. The molecule has 0 bridgehead atoms. The highest BCUT2D eigenvalue weighted by Crippen LogP contribution is 2.35. The second-order valence-corrected chi connectivity index (χ2v) is 8.14. The zero-order valence-electron chi connectivity index (χ0n) is 17.1. The number of nitrogens with zero attached hydrogens (tertiary/aromatic N) is 2. The molecule has 3 aromatic rings. The lowest BCUT2D eigenvalue weighted by atomic mass is 9.79. The number of aromatic nitrogens is 3. The predicted octanol–water partition coefficient (Wildman–Crippen LogP) is 4.79. The molecule has 1 fully saturated rings. The fourth-order valence-corrected chi connectivity index (χ4v) is 4.36. The summed E-state index contributed by atoms with van der Waals surface area (Å²) in [6, 6.07) is 10.1. The van der Waals surface area contributed by atoms with E-state index in [0.29, 0.717) is 17.4 Å². The summed E-state index contributed by atoms with van der Waals surface area (Å²) < 4.78 is 0. The third-order valence-corrected chi connectivity index (χ3v) is 5.94. The molecular formula is C24H28N4O. The highest BCUT2D eigenvalue weighted by Gasteiger charge is 2.24. The summed E-state index contributed by atoms with van der Waals surface area (Å²) in [5.41, 5.74) is 5.93. The van der Waals surface area contributed by atoms with Crippen LogP contribution in [0.1, 0.15) is 58.9 Å². The van der Waals surface area contributed by atoms with Gasteiger partial charge in [0.05, 0.1) is 11.3 Å². The van der Waals surface area contributed by atoms with Crippen LogP contribution in [-0.2, 0) is 0 Å². The highest BCUT2D eigenvalue weighted by atomic mass is 16.1. The number of aromatic amines is 1. The van der Waals surface area contributed by atoms with Gasteiger partial charge in [-0.1, -0.05) is 0 Å². The molecule has 2 N–H and O–H groups in total. The van der Waals surface area contributed by atoms with E-state index in [4.69, 9.17) is 0 Å². The Morgan fingerprint density at radius 3 is 2.69 bits per heavy atom. The number of hydrogen-bond acceptors (Lipinski definition) is 3. The van der Waals surface area contributed by atoms with Crippen molar-refractivity contribution in [2.45, 2.75) is 45.4 Å². The van der Waals surface area contributed by atoms with Crippen LogP contribution in [0, 0.1) is 19.8 Å². The number of pyridine rings is 2. The van der Waals surface area contributed by atoms with Crippen molar-refractivity contribution >= 4 is 5.91 Å². The van der Waals surface area contributed by atoms with Crippen molar-refractivity contribution in [2.24, 2.45) is 5.92 Å². The van der Waals surface area contributed by atoms with Gasteiger partial charge in [-0.05, 0) is 87.3 Å². The van der Waals surface area contributed by atoms with Crippen LogP contribution in [0.2, 0.25) is 0 Å². The van der Waals surface area contributed by atoms with E-state index in [2.05, 4.69) is 32.4 Å². The molecule has 29 heavy (non-hydrogen) atoms. The van der Waals surface area contributed by atoms with Gasteiger partial charge >= 0.3 is 0 Å². The van der Waals surface area contributed by atoms with E-state index in [1.54, 1.807) is 12.4 Å². The van der Waals surface area contributed by atoms with Crippen LogP contribution in [0.25, 0.3) is 11.3 Å². The third-order valence-electron chi connectivity index (χ3n) is 5.94. The molecule has 3 heterocycles. The molecule has 150 valence electrons. The summed E-state index contributed by atoms with van der Waals surface area (Å²) in [5, 5.41) is 3.17. The summed E-state index contributed by atoms with van der Waals surface area (Å²) >= 11 is 0. The van der Waals surface area contributed by atoms with E-state index in [1.165, 1.54) is 18.4 Å². The Balaban J connectivity index is 1.34. The van der Waals surface area contributed by atoms with E-state index in [1.807, 2.05) is 38.2 Å². The van der Waals surface area contributed by atoms with E-state index >= 15 is 0 Å². The van der Waals surface area contributed by atoms with Gasteiger partial charge in [0.25, 0.3) is 5.91 Å². The fourth-order valence-electron chi connectivity index (χ4n) is 4.36. The van der Waals surface area contributed by atoms with Crippen molar-refractivity contribution in [1.29, 1.82) is 0 Å². The van der Waals surface area contributed by atoms with Gasteiger partial charge in [0, 0.05) is 42.1 Å². The van der Waals surface area contributed by atoms with Gasteiger partial charge in [-0.3, -0.25) is 14.8 Å². The van der Waals surface area contributed by atoms with Crippen molar-refractivity contribution in [1.82, 2.24) is 20.3 Å². The zero-order chi connectivity index (χ0) is 20.2. The minimum Gasteiger partial charge on any atom is -0.358 e. The van der Waals surface area contributed by atoms with Crippen molar-refractivity contribution in [3.63, 3.8) is 0 Å². The molecule has 1 amide bonds. The van der Waals surface area contributed by atoms with E-state index in [0.717, 1.165) is 42.0 Å². The Bertz CT molecular complexity index is 972. The highest BCUT2D eigenvalue weighted by molar-refractivity contribution is 6.00. The SMILES string of the molecule is Cc1cc(C2CCC(CNC(=O)c3cc(C)[nH]c3-c3cccnc3)CC2)ccn1. The Kier molecular flexibility index (Phi) is 5.74. The van der Waals surface area contributed by atoms with Gasteiger partial charge in [0.15, 0.2) is 0 Å². The maximum atomic E-state index is 12.9. The summed E-state index contributed by atoms with van der Waals surface area (Å²) in [5.74, 6) is 1.15. The topological polar surface area (TPSA) is 70.7 Å². The number of aryl methyl sites for hydroxylation is 2. The average Bonchev–Trinajstić information content (AvgIpc) is 3.15. The first-order valence-electron chi connectivity index (χ1n) is 10.4. The standard InChI is InChI=1S/C24H28N4O/c1-16-12-20(9-11-26-16)19-7-5-18(6-8-19)14-27-24(29)22-13-17(2)28-23(22)21-4-3-10-25-15-21/h3-4,9-13,15,18-19,28H,5-8,14H2,1-2H3,(H,27,29). The number of nitrogens with one attached hydrogen (secondary N) is 2. The molecule has 5 nitrogen and oxygen atoms in total. The number of carbonyl (C=O) groups is 1. The lowest BCUT2D eigenvalue weighted by molar-refractivity contribution is 0.0943. The van der Waals surface area contributed by atoms with Crippen LogP contribution in [0.4, 0.5) is 0 Å². The number of hydrogen-bond donors (Lipinski definition) is 2. The number of carbonyl (C=O) groups excluding carboxylic acids is 1. The van der Waals surface area contributed by atoms with Crippen LogP contribution in [0.3, 0.4) is 0 Å². The molecule has 1 aliphatic rings. The smallest absolute Gasteiger partial charge is 0.253 e. The zero-order valence-corrected chi connectivity index (χ0v) is 17.1. The monoisotopic (exact) mass is 388 g/mol. The third kappa shape index (κ3) is 4.56. The largest absolute Gasteiger partial charge is 0.358 e. The molecule has 0 unspecified atom stereocenters. The van der Waals surface area contributed by atoms with Crippen LogP contribution in [0.5, 0.6) is 0 Å². The Labute approximate surface area is 172 Å². The van der Waals surface area contributed by atoms with Crippen LogP contribution >= 0.6 is 0 Å². The molecule has 0 spiro atoms. The summed E-state index contributed by atoms with van der Waals surface area (Å²) in [6.45, 7) is 4.75. The van der Waals surface area contributed by atoms with Crippen LogP contribution < -0.4 is 5.32 Å². The number of amides is 1. The van der Waals surface area contributed by atoms with Crippen molar-refractivity contribution < 1.29 is 4.79 Å². The van der Waals surface area contributed by atoms with Crippen molar-refractivity contribution in [2.75, 3.05) is 6.54 Å². The second kappa shape index (κ2) is 8.60. The Morgan fingerprint density at radius 2 is 1.97 bits per heavy atom. The number of H-pyrrole nitrogens is 1. The molecule has 0 atom stereocenters. The molecule has 0 aromatic carbocycles. The quantitative estimate of drug-likeness (QED) is 0.660. The molecule has 0 aliphatic heterocycles. The van der Waals surface area contributed by atoms with Gasteiger partial charge < -0.3 is 10.3 Å². The molecular weight excluding hydrogens is 360 g/mol. The van der Waals surface area contributed by atoms with Crippen molar-refractivity contribution in [3.05, 3.63) is 71.4 Å². The Morgan fingerprint density at radius 1 is 1.14 bits per heavy atom. The molecule has 1 saturated carbocycles. The second-order valence-electron chi connectivity index (χ2n) is 8.14. The molecule has 5 heteroatoms. The van der Waals surface area contributed by atoms with Gasteiger partial charge in [-0.2, -0.15) is 0 Å². The first-order valence-corrected chi connectivity index (χ1v) is 10.4. The molecule has 0 radical (unpaired) electrons. The molecule has 3 aromatic heterocycles. The van der Waals surface area contributed by atoms with E-state index < -0.39 is 0 Å². The van der Waals surface area contributed by atoms with E-state index in [9.17, 15) is 4.79 Å². The summed E-state index contributed by atoms with van der Waals surface area (Å²) in [4.78, 5) is 24.6. The van der Waals surface area contributed by atoms with Gasteiger partial charge in [0.1, 0.15) is 0 Å². The summed E-state index contributed by atoms with van der Waals surface area (Å²) in [7, 11) is 0. The summed E-state index contributed by atoms with van der Waals surface area (Å²) in [6.07, 6.45) is 10.1. The number of rotatable bonds is 5. The lowest BCUT2D eigenvalue weighted by Gasteiger charge is -2.29. The molecule has 1 aliphatic carbocycles. The first-order chi connectivity index (χ1) is 14.1. The van der Waals surface area contributed by atoms with Gasteiger partial charge in [-0.25, -0.2) is 0 Å². The van der Waals surface area contributed by atoms with Crippen molar-refractivity contribution in [3.8, 4) is 11.3 Å². The fraction of sp³-hybridized carbons (Fsp3) is 0.375. The average molecular weight is 389 g/mol. The maximum Gasteiger partial charge on any atom is 0.253 e. The van der Waals surface area contributed by atoms with Crippen LogP contribution in [0.15, 0.2) is 48.9 Å². The minimum atomic E-state index is -0.0138. The lowest BCUT2D eigenvalue weighted by Crippen LogP contribution is -2.31. The van der Waals surface area contributed by atoms with E-state index in [-0.39, 0.29) is 5.91 Å². The van der Waals surface area contributed by atoms with Gasteiger partial charge in [-0.15, -0.1) is 0 Å². The normalized spacial score (nSPS) is 19.1.